The first-order chi connectivity index (χ1) is 27.7. The monoisotopic (exact) mass is 717 g/mol. The lowest BCUT2D eigenvalue weighted by Crippen LogP contribution is -2.00. The fourth-order valence-electron chi connectivity index (χ4n) is 7.70. The molecule has 0 spiro atoms. The van der Waals surface area contributed by atoms with E-state index in [1.165, 1.54) is 11.1 Å². The van der Waals surface area contributed by atoms with Crippen LogP contribution >= 0.6 is 0 Å². The van der Waals surface area contributed by atoms with Crippen LogP contribution in [0.15, 0.2) is 197 Å². The Bertz CT molecular complexity index is 3220. The van der Waals surface area contributed by atoms with E-state index < -0.39 is 0 Å². The molecule has 3 aromatic heterocycles. The largest absolute Gasteiger partial charge is 0.456 e. The molecule has 0 aliphatic heterocycles. The van der Waals surface area contributed by atoms with Crippen molar-refractivity contribution in [2.24, 2.45) is 0 Å². The minimum absolute atomic E-state index is 0.535. The van der Waals surface area contributed by atoms with Crippen LogP contribution < -0.4 is 0 Å². The van der Waals surface area contributed by atoms with Gasteiger partial charge in [-0.15, -0.1) is 0 Å². The standard InChI is InChI=1S/C51H31N3O2/c1-3-10-32(11-4-1)34-18-20-35(21-19-34)36-22-24-37(25-23-36)49-52-50(54-51(53-49)44-16-9-15-43-40-14-7-8-17-45(40)56-48(43)44)39-27-29-42-41-28-26-38(33-12-5-2-6-13-33)30-46(41)55-47(42)31-39/h1-31H. The molecule has 0 aliphatic rings. The minimum Gasteiger partial charge on any atom is -0.456 e. The Hall–Kier alpha value is -7.63. The van der Waals surface area contributed by atoms with Crippen LogP contribution in [0.3, 0.4) is 0 Å². The van der Waals surface area contributed by atoms with E-state index in [1.807, 2.05) is 48.5 Å². The minimum atomic E-state index is 0.535. The molecule has 262 valence electrons. The summed E-state index contributed by atoms with van der Waals surface area (Å²) in [6.07, 6.45) is 0. The first kappa shape index (κ1) is 31.9. The van der Waals surface area contributed by atoms with Crippen molar-refractivity contribution < 1.29 is 8.83 Å². The van der Waals surface area contributed by atoms with Crippen molar-refractivity contribution in [1.82, 2.24) is 15.0 Å². The average molecular weight is 718 g/mol. The zero-order valence-corrected chi connectivity index (χ0v) is 30.1. The number of hydrogen-bond donors (Lipinski definition) is 0. The van der Waals surface area contributed by atoms with Crippen molar-refractivity contribution >= 4 is 43.9 Å². The second kappa shape index (κ2) is 13.0. The van der Waals surface area contributed by atoms with E-state index in [0.717, 1.165) is 82.8 Å². The quantitative estimate of drug-likeness (QED) is 0.171. The SMILES string of the molecule is c1ccc(-c2ccc(-c3ccc(-c4nc(-c5ccc6c(c5)oc5cc(-c7ccccc7)ccc56)nc(-c5cccc6c5oc5ccccc56)n4)cc3)cc2)cc1. The van der Waals surface area contributed by atoms with Crippen molar-refractivity contribution in [3.8, 4) is 67.5 Å². The molecule has 11 rings (SSSR count). The Morgan fingerprint density at radius 2 is 0.714 bits per heavy atom. The number of nitrogens with zero attached hydrogens (tertiary/aromatic N) is 3. The van der Waals surface area contributed by atoms with E-state index in [0.29, 0.717) is 17.5 Å². The van der Waals surface area contributed by atoms with E-state index in [1.54, 1.807) is 0 Å². The molecule has 0 saturated heterocycles. The molecule has 56 heavy (non-hydrogen) atoms. The summed E-state index contributed by atoms with van der Waals surface area (Å²) >= 11 is 0. The molecule has 0 atom stereocenters. The van der Waals surface area contributed by atoms with Gasteiger partial charge in [0.2, 0.25) is 0 Å². The number of hydrogen-bond acceptors (Lipinski definition) is 5. The lowest BCUT2D eigenvalue weighted by atomic mass is 9.99. The van der Waals surface area contributed by atoms with Gasteiger partial charge < -0.3 is 8.83 Å². The second-order valence-electron chi connectivity index (χ2n) is 14.0. The maximum Gasteiger partial charge on any atom is 0.167 e. The number of benzene rings is 8. The van der Waals surface area contributed by atoms with Crippen molar-refractivity contribution in [2.75, 3.05) is 0 Å². The Morgan fingerprint density at radius 3 is 1.38 bits per heavy atom. The van der Waals surface area contributed by atoms with Gasteiger partial charge in [0.15, 0.2) is 17.5 Å². The maximum atomic E-state index is 6.50. The summed E-state index contributed by atoms with van der Waals surface area (Å²) in [6.45, 7) is 0. The lowest BCUT2D eigenvalue weighted by Gasteiger charge is -2.10. The predicted octanol–water partition coefficient (Wildman–Crippen LogP) is 13.7. The molecule has 0 bridgehead atoms. The van der Waals surface area contributed by atoms with Gasteiger partial charge >= 0.3 is 0 Å². The van der Waals surface area contributed by atoms with Gasteiger partial charge in [-0.25, -0.2) is 15.0 Å². The van der Waals surface area contributed by atoms with Crippen LogP contribution in [0.5, 0.6) is 0 Å². The van der Waals surface area contributed by atoms with Crippen molar-refractivity contribution in [3.63, 3.8) is 0 Å². The zero-order chi connectivity index (χ0) is 37.0. The normalized spacial score (nSPS) is 11.6. The molecule has 11 aromatic rings. The third-order valence-corrected chi connectivity index (χ3v) is 10.6. The number of aromatic nitrogens is 3. The molecule has 3 heterocycles. The molecule has 5 nitrogen and oxygen atoms in total. The van der Waals surface area contributed by atoms with Crippen LogP contribution in [-0.4, -0.2) is 15.0 Å². The average Bonchev–Trinajstić information content (AvgIpc) is 3.85. The number of para-hydroxylation sites is 2. The fourth-order valence-corrected chi connectivity index (χ4v) is 7.70. The van der Waals surface area contributed by atoms with Crippen molar-refractivity contribution in [2.45, 2.75) is 0 Å². The van der Waals surface area contributed by atoms with Gasteiger partial charge in [0.25, 0.3) is 0 Å². The molecule has 0 N–H and O–H groups in total. The van der Waals surface area contributed by atoms with Crippen molar-refractivity contribution in [1.29, 1.82) is 0 Å². The van der Waals surface area contributed by atoms with Crippen LogP contribution in [0, 0.1) is 0 Å². The summed E-state index contributed by atoms with van der Waals surface area (Å²) in [5.41, 5.74) is 12.6. The Kier molecular flexibility index (Phi) is 7.42. The van der Waals surface area contributed by atoms with Gasteiger partial charge in [-0.3, -0.25) is 0 Å². The molecule has 0 aliphatic carbocycles. The molecule has 0 amide bonds. The summed E-state index contributed by atoms with van der Waals surface area (Å²) in [5, 5.41) is 4.17. The van der Waals surface area contributed by atoms with Gasteiger partial charge in [0, 0.05) is 32.7 Å². The van der Waals surface area contributed by atoms with E-state index in [9.17, 15) is 0 Å². The summed E-state index contributed by atoms with van der Waals surface area (Å²) in [7, 11) is 0. The first-order valence-electron chi connectivity index (χ1n) is 18.7. The summed E-state index contributed by atoms with van der Waals surface area (Å²) in [5.74, 6) is 1.65. The van der Waals surface area contributed by atoms with Gasteiger partial charge in [-0.05, 0) is 69.8 Å². The Labute approximate surface area is 322 Å². The van der Waals surface area contributed by atoms with Crippen LogP contribution in [0.1, 0.15) is 0 Å². The lowest BCUT2D eigenvalue weighted by molar-refractivity contribution is 0.668. The van der Waals surface area contributed by atoms with Gasteiger partial charge in [0.05, 0.1) is 5.56 Å². The molecule has 0 fully saturated rings. The third-order valence-electron chi connectivity index (χ3n) is 10.6. The molecular formula is C51H31N3O2. The molecule has 5 heteroatoms. The fraction of sp³-hybridized carbons (Fsp3) is 0. The van der Waals surface area contributed by atoms with Gasteiger partial charge in [0.1, 0.15) is 22.3 Å². The Morgan fingerprint density at radius 1 is 0.268 bits per heavy atom. The van der Waals surface area contributed by atoms with Gasteiger partial charge in [-0.1, -0.05) is 152 Å². The summed E-state index contributed by atoms with van der Waals surface area (Å²) in [4.78, 5) is 15.3. The highest BCUT2D eigenvalue weighted by Gasteiger charge is 2.19. The predicted molar refractivity (Wildman–Crippen MR) is 227 cm³/mol. The highest BCUT2D eigenvalue weighted by atomic mass is 16.3. The first-order valence-corrected chi connectivity index (χ1v) is 18.7. The van der Waals surface area contributed by atoms with Crippen molar-refractivity contribution in [3.05, 3.63) is 188 Å². The molecule has 8 aromatic carbocycles. The zero-order valence-electron chi connectivity index (χ0n) is 30.1. The smallest absolute Gasteiger partial charge is 0.167 e. The third kappa shape index (κ3) is 5.53. The maximum absolute atomic E-state index is 6.50. The van der Waals surface area contributed by atoms with Crippen LogP contribution in [0.2, 0.25) is 0 Å². The van der Waals surface area contributed by atoms with Crippen LogP contribution in [-0.2, 0) is 0 Å². The van der Waals surface area contributed by atoms with E-state index in [4.69, 9.17) is 23.8 Å². The highest BCUT2D eigenvalue weighted by Crippen LogP contribution is 2.38. The van der Waals surface area contributed by atoms with E-state index in [2.05, 4.69) is 140 Å². The number of rotatable bonds is 6. The van der Waals surface area contributed by atoms with Crippen LogP contribution in [0.4, 0.5) is 0 Å². The molecular weight excluding hydrogens is 687 g/mol. The highest BCUT2D eigenvalue weighted by molar-refractivity contribution is 6.09. The summed E-state index contributed by atoms with van der Waals surface area (Å²) in [6, 6.07) is 64.7. The topological polar surface area (TPSA) is 65.0 Å². The van der Waals surface area contributed by atoms with Gasteiger partial charge in [-0.2, -0.15) is 0 Å². The number of furan rings is 2. The number of fused-ring (bicyclic) bond motifs is 6. The van der Waals surface area contributed by atoms with E-state index >= 15 is 0 Å². The Balaban J connectivity index is 1.02. The molecule has 0 radical (unpaired) electrons. The molecule has 0 saturated carbocycles. The summed E-state index contributed by atoms with van der Waals surface area (Å²) < 4.78 is 12.9. The molecule has 0 unspecified atom stereocenters. The van der Waals surface area contributed by atoms with Crippen LogP contribution in [0.25, 0.3) is 111 Å². The second-order valence-corrected chi connectivity index (χ2v) is 14.0. The van der Waals surface area contributed by atoms with E-state index in [-0.39, 0.29) is 0 Å².